The first-order chi connectivity index (χ1) is 10.1. The van der Waals surface area contributed by atoms with E-state index < -0.39 is 12.1 Å². The van der Waals surface area contributed by atoms with Crippen LogP contribution < -0.4 is 0 Å². The number of nitrogens with zero attached hydrogens (tertiary/aromatic N) is 2. The first-order valence-corrected chi connectivity index (χ1v) is 7.37. The maximum Gasteiger partial charge on any atom is 0.337 e. The van der Waals surface area contributed by atoms with Gasteiger partial charge >= 0.3 is 5.97 Å². The second-order valence-electron chi connectivity index (χ2n) is 5.68. The number of fused-ring (bicyclic) bond motifs is 1. The molecule has 1 aromatic carbocycles. The molecule has 1 atom stereocenters. The lowest BCUT2D eigenvalue weighted by atomic mass is 10.2. The minimum Gasteiger partial charge on any atom is -0.478 e. The highest BCUT2D eigenvalue weighted by Gasteiger charge is 2.18. The van der Waals surface area contributed by atoms with E-state index in [4.69, 9.17) is 0 Å². The average Bonchev–Trinajstić information content (AvgIpc) is 3.07. The lowest BCUT2D eigenvalue weighted by molar-refractivity contribution is 0.0697. The van der Waals surface area contributed by atoms with Crippen LogP contribution in [0.5, 0.6) is 0 Å². The number of hydrogen-bond acceptors (Lipinski definition) is 3. The van der Waals surface area contributed by atoms with Crippen molar-refractivity contribution in [3.8, 4) is 0 Å². The predicted octanol–water partition coefficient (Wildman–Crippen LogP) is 1.80. The van der Waals surface area contributed by atoms with Gasteiger partial charge in [0, 0.05) is 30.2 Å². The number of hydrogen-bond donors (Lipinski definition) is 2. The van der Waals surface area contributed by atoms with Gasteiger partial charge in [0.1, 0.15) is 0 Å². The fourth-order valence-electron chi connectivity index (χ4n) is 3.12. The van der Waals surface area contributed by atoms with E-state index >= 15 is 0 Å². The average molecular weight is 288 g/mol. The van der Waals surface area contributed by atoms with Crippen LogP contribution in [0, 0.1) is 0 Å². The van der Waals surface area contributed by atoms with Crippen molar-refractivity contribution in [3.63, 3.8) is 0 Å². The predicted molar refractivity (Wildman–Crippen MR) is 80.6 cm³/mol. The smallest absolute Gasteiger partial charge is 0.337 e. The molecule has 0 aliphatic carbocycles. The van der Waals surface area contributed by atoms with E-state index in [0.717, 1.165) is 24.0 Å². The fourth-order valence-corrected chi connectivity index (χ4v) is 3.12. The molecule has 0 amide bonds. The van der Waals surface area contributed by atoms with Crippen LogP contribution in [0.2, 0.25) is 0 Å². The Labute approximate surface area is 123 Å². The Morgan fingerprint density at radius 2 is 1.90 bits per heavy atom. The topological polar surface area (TPSA) is 65.7 Å². The molecule has 1 aliphatic heterocycles. The highest BCUT2D eigenvalue weighted by Crippen LogP contribution is 2.22. The van der Waals surface area contributed by atoms with Gasteiger partial charge in [0.05, 0.1) is 11.7 Å². The number of likely N-dealkylation sites (tertiary alicyclic amines) is 1. The van der Waals surface area contributed by atoms with Crippen molar-refractivity contribution in [3.05, 3.63) is 36.0 Å². The summed E-state index contributed by atoms with van der Waals surface area (Å²) < 4.78 is 1.85. The number of para-hydroxylation sites is 1. The molecule has 112 valence electrons. The molecule has 1 aromatic heterocycles. The Bertz CT molecular complexity index is 644. The quantitative estimate of drug-likeness (QED) is 0.880. The maximum atomic E-state index is 11.3. The van der Waals surface area contributed by atoms with Crippen molar-refractivity contribution < 1.29 is 15.0 Å². The largest absolute Gasteiger partial charge is 0.478 e. The van der Waals surface area contributed by atoms with Gasteiger partial charge in [-0.15, -0.1) is 0 Å². The second kappa shape index (κ2) is 5.87. The molecule has 5 heteroatoms. The molecule has 1 aliphatic rings. The molecule has 2 N–H and O–H groups in total. The summed E-state index contributed by atoms with van der Waals surface area (Å²) in [6, 6.07) is 7.42. The molecule has 21 heavy (non-hydrogen) atoms. The van der Waals surface area contributed by atoms with E-state index in [-0.39, 0.29) is 0 Å². The van der Waals surface area contributed by atoms with Gasteiger partial charge in [-0.25, -0.2) is 4.79 Å². The number of β-amino-alcohol motifs (C(OH)–C–C–N with tert-alkyl or cyclic N) is 1. The molecule has 0 radical (unpaired) electrons. The number of carboxylic acid groups (broad SMARTS) is 1. The SMILES string of the molecule is O=C(O)c1cn(CC(O)CN2CCCC2)c2ccccc12. The van der Waals surface area contributed by atoms with Crippen molar-refractivity contribution >= 4 is 16.9 Å². The van der Waals surface area contributed by atoms with Crippen LogP contribution in [0.4, 0.5) is 0 Å². The molecule has 3 rings (SSSR count). The minimum absolute atomic E-state index is 0.291. The fraction of sp³-hybridized carbons (Fsp3) is 0.438. The third kappa shape index (κ3) is 2.94. The lowest BCUT2D eigenvalue weighted by Crippen LogP contribution is -2.32. The van der Waals surface area contributed by atoms with Gasteiger partial charge in [-0.2, -0.15) is 0 Å². The van der Waals surface area contributed by atoms with Gasteiger partial charge in [-0.3, -0.25) is 0 Å². The van der Waals surface area contributed by atoms with Crippen LogP contribution in [0.15, 0.2) is 30.5 Å². The summed E-state index contributed by atoms with van der Waals surface area (Å²) >= 11 is 0. The zero-order chi connectivity index (χ0) is 14.8. The van der Waals surface area contributed by atoms with Crippen molar-refractivity contribution in [2.45, 2.75) is 25.5 Å². The highest BCUT2D eigenvalue weighted by atomic mass is 16.4. The van der Waals surface area contributed by atoms with Crippen molar-refractivity contribution in [1.82, 2.24) is 9.47 Å². The van der Waals surface area contributed by atoms with Crippen molar-refractivity contribution in [1.29, 1.82) is 0 Å². The monoisotopic (exact) mass is 288 g/mol. The second-order valence-corrected chi connectivity index (χ2v) is 5.68. The Hall–Kier alpha value is -1.85. The molecule has 1 saturated heterocycles. The van der Waals surface area contributed by atoms with E-state index in [0.29, 0.717) is 18.7 Å². The Morgan fingerprint density at radius 1 is 1.19 bits per heavy atom. The van der Waals surface area contributed by atoms with Crippen LogP contribution in [-0.2, 0) is 6.54 Å². The normalized spacial score (nSPS) is 17.4. The zero-order valence-corrected chi connectivity index (χ0v) is 11.9. The summed E-state index contributed by atoms with van der Waals surface area (Å²) in [6.07, 6.45) is 3.53. The third-order valence-electron chi connectivity index (χ3n) is 4.09. The molecule has 2 heterocycles. The standard InChI is InChI=1S/C16H20N2O3/c19-12(9-17-7-3-4-8-17)10-18-11-14(16(20)21)13-5-1-2-6-15(13)18/h1-2,5-6,11-12,19H,3-4,7-10H2,(H,20,21). The van der Waals surface area contributed by atoms with Crippen molar-refractivity contribution in [2.24, 2.45) is 0 Å². The van der Waals surface area contributed by atoms with Gasteiger partial charge in [-0.05, 0) is 32.0 Å². The zero-order valence-electron chi connectivity index (χ0n) is 11.9. The van der Waals surface area contributed by atoms with E-state index in [1.165, 1.54) is 12.8 Å². The van der Waals surface area contributed by atoms with Crippen LogP contribution >= 0.6 is 0 Å². The molecular weight excluding hydrogens is 268 g/mol. The molecule has 0 bridgehead atoms. The molecule has 0 saturated carbocycles. The van der Waals surface area contributed by atoms with E-state index in [1.54, 1.807) is 6.20 Å². The summed E-state index contributed by atoms with van der Waals surface area (Å²) in [4.78, 5) is 13.6. The van der Waals surface area contributed by atoms with E-state index in [9.17, 15) is 15.0 Å². The highest BCUT2D eigenvalue weighted by molar-refractivity contribution is 6.03. The van der Waals surface area contributed by atoms with E-state index in [2.05, 4.69) is 4.90 Å². The van der Waals surface area contributed by atoms with Crippen LogP contribution in [0.3, 0.4) is 0 Å². The number of benzene rings is 1. The Balaban J connectivity index is 1.81. The van der Waals surface area contributed by atoms with Gasteiger partial charge in [0.15, 0.2) is 0 Å². The number of aromatic carboxylic acids is 1. The molecule has 2 aromatic rings. The van der Waals surface area contributed by atoms with Gasteiger partial charge < -0.3 is 19.7 Å². The summed E-state index contributed by atoms with van der Waals surface area (Å²) in [5.74, 6) is -0.931. The number of rotatable bonds is 5. The molecular formula is C16H20N2O3. The Morgan fingerprint density at radius 3 is 2.62 bits per heavy atom. The van der Waals surface area contributed by atoms with Crippen LogP contribution in [0.25, 0.3) is 10.9 Å². The third-order valence-corrected chi connectivity index (χ3v) is 4.09. The van der Waals surface area contributed by atoms with Crippen molar-refractivity contribution in [2.75, 3.05) is 19.6 Å². The number of aliphatic hydroxyl groups excluding tert-OH is 1. The van der Waals surface area contributed by atoms with E-state index in [1.807, 2.05) is 28.8 Å². The molecule has 5 nitrogen and oxygen atoms in total. The minimum atomic E-state index is -0.931. The first-order valence-electron chi connectivity index (χ1n) is 7.37. The number of carbonyl (C=O) groups is 1. The summed E-state index contributed by atoms with van der Waals surface area (Å²) in [5, 5.41) is 20.3. The maximum absolute atomic E-state index is 11.3. The summed E-state index contributed by atoms with van der Waals surface area (Å²) in [7, 11) is 0. The van der Waals surface area contributed by atoms with Gasteiger partial charge in [-0.1, -0.05) is 18.2 Å². The summed E-state index contributed by atoms with van der Waals surface area (Å²) in [6.45, 7) is 3.16. The molecule has 1 unspecified atom stereocenters. The van der Waals surface area contributed by atoms with Gasteiger partial charge in [0.2, 0.25) is 0 Å². The van der Waals surface area contributed by atoms with Crippen LogP contribution in [0.1, 0.15) is 23.2 Å². The molecule has 0 spiro atoms. The number of carboxylic acids is 1. The van der Waals surface area contributed by atoms with Gasteiger partial charge in [0.25, 0.3) is 0 Å². The van der Waals surface area contributed by atoms with Crippen LogP contribution in [-0.4, -0.2) is 51.4 Å². The number of aromatic nitrogens is 1. The molecule has 1 fully saturated rings. The number of aliphatic hydroxyl groups is 1. The summed E-state index contributed by atoms with van der Waals surface area (Å²) in [5.41, 5.74) is 1.15. The Kier molecular flexibility index (Phi) is 3.94. The first kappa shape index (κ1) is 14.1. The lowest BCUT2D eigenvalue weighted by Gasteiger charge is -2.20.